The Morgan fingerprint density at radius 3 is 2.60 bits per heavy atom. The van der Waals surface area contributed by atoms with Gasteiger partial charge in [0.1, 0.15) is 11.5 Å². The van der Waals surface area contributed by atoms with Gasteiger partial charge < -0.3 is 29.6 Å². The minimum atomic E-state index is -0.881. The van der Waals surface area contributed by atoms with Crippen molar-refractivity contribution in [3.05, 3.63) is 78.2 Å². The van der Waals surface area contributed by atoms with Gasteiger partial charge in [-0.15, -0.1) is 0 Å². The standard InChI is InChI=1S/C34H38FN5O5/c1-23-11-15-39(16-12-23)14-5-17-44-33-21-29-27(20-32(33)43-3)30(10-13-37-29)45-31-9-8-25(19-28(31)35)40(34(36)41)38-22-24-6-4-7-26(18-24)42-2/h4,6-10,13,18-23H,5,11-12,14-17H2,1-3H3,(H2,36,41). The van der Waals surface area contributed by atoms with Gasteiger partial charge in [0.25, 0.3) is 0 Å². The molecule has 1 aliphatic heterocycles. The predicted octanol–water partition coefficient (Wildman–Crippen LogP) is 6.60. The van der Waals surface area contributed by atoms with E-state index < -0.39 is 11.8 Å². The van der Waals surface area contributed by atoms with Crippen molar-refractivity contribution in [3.63, 3.8) is 0 Å². The number of methoxy groups -OCH3 is 2. The van der Waals surface area contributed by atoms with Gasteiger partial charge >= 0.3 is 6.03 Å². The van der Waals surface area contributed by atoms with E-state index in [0.29, 0.717) is 46.1 Å². The predicted molar refractivity (Wildman–Crippen MR) is 172 cm³/mol. The van der Waals surface area contributed by atoms with Gasteiger partial charge in [0, 0.05) is 30.3 Å². The first-order chi connectivity index (χ1) is 21.8. The van der Waals surface area contributed by atoms with E-state index in [4.69, 9.17) is 24.7 Å². The first-order valence-electron chi connectivity index (χ1n) is 14.9. The smallest absolute Gasteiger partial charge is 0.340 e. The Morgan fingerprint density at radius 2 is 1.87 bits per heavy atom. The number of hydrogen-bond donors (Lipinski definition) is 1. The zero-order chi connectivity index (χ0) is 31.8. The van der Waals surface area contributed by atoms with E-state index >= 15 is 4.39 Å². The van der Waals surface area contributed by atoms with Crippen molar-refractivity contribution in [2.45, 2.75) is 26.2 Å². The van der Waals surface area contributed by atoms with Crippen LogP contribution in [0.15, 0.2) is 72.0 Å². The van der Waals surface area contributed by atoms with E-state index in [9.17, 15) is 4.79 Å². The van der Waals surface area contributed by atoms with Crippen LogP contribution >= 0.6 is 0 Å². The maximum Gasteiger partial charge on any atom is 0.340 e. The molecule has 0 saturated carbocycles. The fraction of sp³-hybridized carbons (Fsp3) is 0.324. The van der Waals surface area contributed by atoms with Crippen molar-refractivity contribution in [2.75, 3.05) is 45.5 Å². The van der Waals surface area contributed by atoms with Crippen molar-refractivity contribution < 1.29 is 28.1 Å². The molecule has 11 heteroatoms. The number of primary amides is 1. The van der Waals surface area contributed by atoms with E-state index in [2.05, 4.69) is 21.9 Å². The molecule has 0 spiro atoms. The van der Waals surface area contributed by atoms with Gasteiger partial charge in [0.15, 0.2) is 23.1 Å². The van der Waals surface area contributed by atoms with Crippen LogP contribution in [0.2, 0.25) is 0 Å². The molecule has 0 unspecified atom stereocenters. The van der Waals surface area contributed by atoms with E-state index in [1.165, 1.54) is 31.2 Å². The maximum atomic E-state index is 15.3. The fourth-order valence-electron chi connectivity index (χ4n) is 5.17. The number of nitrogens with two attached hydrogens (primary N) is 1. The molecule has 1 aromatic heterocycles. The number of ether oxygens (including phenoxy) is 4. The summed E-state index contributed by atoms with van der Waals surface area (Å²) in [5, 5.41) is 5.67. The molecule has 1 fully saturated rings. The Kier molecular flexibility index (Phi) is 10.3. The van der Waals surface area contributed by atoms with Gasteiger partial charge in [-0.3, -0.25) is 4.98 Å². The van der Waals surface area contributed by atoms with Gasteiger partial charge in [-0.2, -0.15) is 10.1 Å². The quantitative estimate of drug-likeness (QED) is 0.109. The topological polar surface area (TPSA) is 112 Å². The molecule has 5 rings (SSSR count). The first kappa shape index (κ1) is 31.5. The average molecular weight is 616 g/mol. The number of aromatic nitrogens is 1. The lowest BCUT2D eigenvalue weighted by Gasteiger charge is -2.30. The van der Waals surface area contributed by atoms with E-state index in [-0.39, 0.29) is 11.4 Å². The highest BCUT2D eigenvalue weighted by molar-refractivity contribution is 5.93. The molecule has 4 aromatic rings. The van der Waals surface area contributed by atoms with Crippen LogP contribution in [0.3, 0.4) is 0 Å². The van der Waals surface area contributed by atoms with Crippen LogP contribution in [0.1, 0.15) is 31.7 Å². The van der Waals surface area contributed by atoms with Crippen molar-refractivity contribution in [2.24, 2.45) is 16.8 Å². The third kappa shape index (κ3) is 7.98. The van der Waals surface area contributed by atoms with Crippen LogP contribution in [-0.4, -0.2) is 62.6 Å². The van der Waals surface area contributed by atoms with Crippen LogP contribution in [-0.2, 0) is 0 Å². The molecular formula is C34H38FN5O5. The number of amides is 2. The minimum Gasteiger partial charge on any atom is -0.497 e. The molecule has 2 amide bonds. The molecule has 45 heavy (non-hydrogen) atoms. The highest BCUT2D eigenvalue weighted by atomic mass is 19.1. The Balaban J connectivity index is 1.29. The second-order valence-electron chi connectivity index (χ2n) is 10.9. The van der Waals surface area contributed by atoms with Gasteiger partial charge in [0.2, 0.25) is 0 Å². The van der Waals surface area contributed by atoms with Crippen molar-refractivity contribution in [1.29, 1.82) is 0 Å². The summed E-state index contributed by atoms with van der Waals surface area (Å²) in [5.74, 6) is 2.14. The number of hydrogen-bond acceptors (Lipinski definition) is 8. The number of piperidine rings is 1. The highest BCUT2D eigenvalue weighted by Crippen LogP contribution is 2.38. The number of pyridine rings is 1. The van der Waals surface area contributed by atoms with Crippen molar-refractivity contribution in [1.82, 2.24) is 9.88 Å². The largest absolute Gasteiger partial charge is 0.497 e. The number of hydrazone groups is 1. The molecule has 0 aliphatic carbocycles. The number of likely N-dealkylation sites (tertiary alicyclic amines) is 1. The summed E-state index contributed by atoms with van der Waals surface area (Å²) in [6.45, 7) is 6.13. The van der Waals surface area contributed by atoms with Gasteiger partial charge in [0.05, 0.1) is 38.2 Å². The molecule has 0 radical (unpaired) electrons. The second-order valence-corrected chi connectivity index (χ2v) is 10.9. The zero-order valence-electron chi connectivity index (χ0n) is 25.7. The number of fused-ring (bicyclic) bond motifs is 1. The molecule has 3 aromatic carbocycles. The fourth-order valence-corrected chi connectivity index (χ4v) is 5.17. The lowest BCUT2D eigenvalue weighted by molar-refractivity contribution is 0.176. The monoisotopic (exact) mass is 615 g/mol. The lowest BCUT2D eigenvalue weighted by atomic mass is 9.99. The van der Waals surface area contributed by atoms with E-state index in [1.54, 1.807) is 62.9 Å². The number of urea groups is 1. The molecule has 236 valence electrons. The van der Waals surface area contributed by atoms with Gasteiger partial charge in [-0.05, 0) is 80.2 Å². The number of carbonyl (C=O) groups is 1. The molecule has 2 N–H and O–H groups in total. The second kappa shape index (κ2) is 14.7. The summed E-state index contributed by atoms with van der Waals surface area (Å²) in [4.78, 5) is 19.1. The normalized spacial score (nSPS) is 14.0. The lowest BCUT2D eigenvalue weighted by Crippen LogP contribution is -2.34. The van der Waals surface area contributed by atoms with Crippen LogP contribution < -0.4 is 29.7 Å². The van der Waals surface area contributed by atoms with Crippen molar-refractivity contribution >= 4 is 28.8 Å². The van der Waals surface area contributed by atoms with Crippen LogP contribution in [0.25, 0.3) is 10.9 Å². The van der Waals surface area contributed by atoms with Crippen molar-refractivity contribution in [3.8, 4) is 28.7 Å². The Bertz CT molecular complexity index is 1660. The SMILES string of the molecule is COc1cccc(C=NN(C(N)=O)c2ccc(Oc3ccnc4cc(OCCCN5CCC(C)CC5)c(OC)cc34)c(F)c2)c1. The Morgan fingerprint density at radius 1 is 1.04 bits per heavy atom. The summed E-state index contributed by atoms with van der Waals surface area (Å²) >= 11 is 0. The summed E-state index contributed by atoms with van der Waals surface area (Å²) in [7, 11) is 3.12. The number of rotatable bonds is 12. The molecule has 0 atom stereocenters. The van der Waals surface area contributed by atoms with Crippen LogP contribution in [0.5, 0.6) is 28.7 Å². The summed E-state index contributed by atoms with van der Waals surface area (Å²) in [6, 6.07) is 15.4. The Hall–Kier alpha value is -4.90. The number of anilines is 1. The molecule has 1 saturated heterocycles. The number of benzene rings is 3. The van der Waals surface area contributed by atoms with Gasteiger partial charge in [-0.1, -0.05) is 19.1 Å². The molecule has 0 bridgehead atoms. The summed E-state index contributed by atoms with van der Waals surface area (Å²) in [5.41, 5.74) is 6.95. The first-order valence-corrected chi connectivity index (χ1v) is 14.9. The molecule has 10 nitrogen and oxygen atoms in total. The van der Waals surface area contributed by atoms with E-state index in [0.717, 1.165) is 43.0 Å². The van der Waals surface area contributed by atoms with Gasteiger partial charge in [-0.25, -0.2) is 9.18 Å². The number of nitrogens with zero attached hydrogens (tertiary/aromatic N) is 4. The summed E-state index contributed by atoms with van der Waals surface area (Å²) in [6.07, 6.45) is 6.41. The van der Waals surface area contributed by atoms with E-state index in [1.807, 2.05) is 0 Å². The maximum absolute atomic E-state index is 15.3. The number of carbonyl (C=O) groups excluding carboxylic acids is 1. The highest BCUT2D eigenvalue weighted by Gasteiger charge is 2.18. The third-order valence-corrected chi connectivity index (χ3v) is 7.74. The Labute approximate surface area is 262 Å². The van der Waals surface area contributed by atoms with Crippen LogP contribution in [0, 0.1) is 11.7 Å². The summed E-state index contributed by atoms with van der Waals surface area (Å²) < 4.78 is 38.2. The molecule has 1 aliphatic rings. The molecular weight excluding hydrogens is 577 g/mol. The molecule has 2 heterocycles. The zero-order valence-corrected chi connectivity index (χ0v) is 25.7. The minimum absolute atomic E-state index is 0.0566. The third-order valence-electron chi connectivity index (χ3n) is 7.74. The number of halogens is 1. The average Bonchev–Trinajstić information content (AvgIpc) is 3.05. The van der Waals surface area contributed by atoms with Crippen LogP contribution in [0.4, 0.5) is 14.9 Å².